The molecule has 0 saturated carbocycles. The van der Waals surface area contributed by atoms with Gasteiger partial charge in [0, 0.05) is 166 Å². The molecule has 36 heteroatoms. The van der Waals surface area contributed by atoms with Crippen LogP contribution in [0.1, 0.15) is 183 Å². The number of thiocarbonyl (C=S) groups is 4. The van der Waals surface area contributed by atoms with Crippen LogP contribution in [0.5, 0.6) is 46.0 Å². The van der Waals surface area contributed by atoms with Gasteiger partial charge in [0.05, 0.1) is 46.1 Å². The Morgan fingerprint density at radius 2 is 0.483 bits per heavy atom. The Hall–Kier alpha value is -4.81. The van der Waals surface area contributed by atoms with Gasteiger partial charge in [0.25, 0.3) is 0 Å². The number of hydrogen-bond donors (Lipinski definition) is 12. The van der Waals surface area contributed by atoms with Gasteiger partial charge in [-0.2, -0.15) is 0 Å². The summed E-state index contributed by atoms with van der Waals surface area (Å²) in [5, 5.41) is 120. The third-order valence-electron chi connectivity index (χ3n) is 20.1. The van der Waals surface area contributed by atoms with E-state index in [9.17, 15) is 60.0 Å². The molecule has 116 heavy (non-hydrogen) atoms. The summed E-state index contributed by atoms with van der Waals surface area (Å²) < 4.78 is 56.1. The van der Waals surface area contributed by atoms with Crippen LogP contribution in [-0.4, -0.2) is 118 Å². The molecule has 0 aromatic heterocycles. The average molecular weight is 1750 g/mol. The van der Waals surface area contributed by atoms with Gasteiger partial charge in [-0.3, -0.25) is 0 Å². The molecule has 8 aromatic carbocycles. The van der Waals surface area contributed by atoms with Crippen LogP contribution < -0.4 is 306 Å². The van der Waals surface area contributed by atoms with Crippen molar-refractivity contribution in [2.75, 3.05) is 74.9 Å². The molecule has 0 spiro atoms. The summed E-state index contributed by atoms with van der Waals surface area (Å²) in [5.41, 5.74) is 5.79. The minimum absolute atomic E-state index is 0. The smallest absolute Gasteiger partial charge is 0.545 e. The van der Waals surface area contributed by atoms with E-state index in [2.05, 4.69) is 42.5 Å². The first kappa shape index (κ1) is 95.0. The summed E-state index contributed by atoms with van der Waals surface area (Å²) in [4.78, 5) is 49.8. The van der Waals surface area contributed by atoms with E-state index in [4.69, 9.17) is 86.8 Å². The fraction of sp³-hybridized carbons (Fsp3) is 0.300. The van der Waals surface area contributed by atoms with E-state index in [0.717, 1.165) is 0 Å². The summed E-state index contributed by atoms with van der Waals surface area (Å²) in [7, 11) is 0. The molecule has 5 aliphatic rings. The van der Waals surface area contributed by atoms with Gasteiger partial charge in [0.2, 0.25) is 27.2 Å². The number of carboxylic acid groups (broad SMARTS) is 4. The number of para-hydroxylation sites is 4. The Labute approximate surface area is 859 Å². The Bertz CT molecular complexity index is 4300. The van der Waals surface area contributed by atoms with Crippen molar-refractivity contribution < 1.29 is 303 Å². The molecular formula is C80H76K4N8O20S4. The molecular weight excluding hydrogens is 1680 g/mol. The van der Waals surface area contributed by atoms with Crippen molar-refractivity contribution >= 4 is 116 Å². The third kappa shape index (κ3) is 21.6. The van der Waals surface area contributed by atoms with Crippen LogP contribution in [0.2, 0.25) is 0 Å². The van der Waals surface area contributed by atoms with E-state index in [0.29, 0.717) is 66.8 Å². The molecule has 4 heterocycles. The van der Waals surface area contributed by atoms with Crippen molar-refractivity contribution in [3.05, 3.63) is 210 Å². The zero-order valence-electron chi connectivity index (χ0n) is 64.0. The summed E-state index contributed by atoms with van der Waals surface area (Å²) in [6.45, 7) is -3.90. The largest absolute Gasteiger partial charge is 1.00 e. The Kier molecular flexibility index (Phi) is 36.7. The number of benzene rings is 8. The van der Waals surface area contributed by atoms with Crippen LogP contribution in [0.15, 0.2) is 121 Å². The van der Waals surface area contributed by atoms with Gasteiger partial charge in [0.15, 0.2) is 20.4 Å². The zero-order chi connectivity index (χ0) is 78.7. The van der Waals surface area contributed by atoms with Crippen molar-refractivity contribution in [3.8, 4) is 46.0 Å². The second-order valence-corrected chi connectivity index (χ2v) is 28.3. The van der Waals surface area contributed by atoms with Crippen LogP contribution in [-0.2, 0) is 26.2 Å². The summed E-state index contributed by atoms with van der Waals surface area (Å²) in [6.07, 6.45) is 1.52. The first-order valence-electron chi connectivity index (χ1n) is 36.0. The van der Waals surface area contributed by atoms with Gasteiger partial charge in [-0.05, 0) is 149 Å². The topological polar surface area (TPSA) is 412 Å². The second-order valence-electron chi connectivity index (χ2n) is 26.6. The molecule has 4 aliphatic heterocycles. The SMILES string of the molecule is O=C([O-])c1ccccc1NC(=S)NCc1c2c3cc4c1OCOc1c(cc5c(c1CNC(=S)Nc1ccccc1C(=O)[O-])OCOc1c(cc6c(c1CNC(=S)Nc1ccccc1C(=O)[O-])OCOc1c(cc(c(c1CNC(=S)Nc1ccccc1C(=O)[O-])OCO2)C3CCCO)C6CCCO)C5CCCO)C4CCCO.[K+].[K+].[K+].[K+]. The Morgan fingerprint density at radius 3 is 0.647 bits per heavy atom. The summed E-state index contributed by atoms with van der Waals surface area (Å²) in [5.74, 6) is -7.09. The van der Waals surface area contributed by atoms with E-state index < -0.39 is 74.7 Å². The number of carbonyl (C=O) groups is 4. The van der Waals surface area contributed by atoms with E-state index in [-0.39, 0.29) is 421 Å². The van der Waals surface area contributed by atoms with E-state index >= 15 is 0 Å². The number of aliphatic hydroxyl groups excluding tert-OH is 4. The van der Waals surface area contributed by atoms with Crippen molar-refractivity contribution in [1.82, 2.24) is 21.3 Å². The zero-order valence-corrected chi connectivity index (χ0v) is 79.7. The monoisotopic (exact) mass is 1750 g/mol. The number of ether oxygens (including phenoxy) is 8. The maximum atomic E-state index is 12.5. The molecule has 13 rings (SSSR count). The minimum atomic E-state index is -1.45. The molecule has 28 nitrogen and oxygen atoms in total. The fourth-order valence-electron chi connectivity index (χ4n) is 15.2. The van der Waals surface area contributed by atoms with Gasteiger partial charge in [-0.25, -0.2) is 0 Å². The van der Waals surface area contributed by atoms with E-state index in [1.165, 1.54) is 48.5 Å². The predicted octanol–water partition coefficient (Wildman–Crippen LogP) is -6.05. The van der Waals surface area contributed by atoms with Gasteiger partial charge < -0.3 is 140 Å². The van der Waals surface area contributed by atoms with Gasteiger partial charge in [0.1, 0.15) is 46.0 Å². The number of nitrogens with one attached hydrogen (secondary N) is 8. The molecule has 584 valence electrons. The van der Waals surface area contributed by atoms with Crippen molar-refractivity contribution in [2.24, 2.45) is 0 Å². The van der Waals surface area contributed by atoms with Crippen molar-refractivity contribution in [1.29, 1.82) is 0 Å². The normalized spacial score (nSPS) is 15.1. The Morgan fingerprint density at radius 1 is 0.310 bits per heavy atom. The standard InChI is InChI=1S/C80H80N8O20S4.4K/c89-25-9-17-41-49-29-50-42(18-10-26-90)52-31-54-44(20-12-28-92)56-32-55-43(19-11-27-91)53-30-51(41)67-58(34-82-78(110)86-62-22-6-2-14-46(62)74(95)96)69(53)105-39-107-71(55)60(36-84-80(112)88-64-24-8-4-16-48(64)76(99)100)72(56)108-40-106-70(54)59(35-83-79(111)87-63-23-7-3-15-47(63)75(97)98)68(52)104-38-102-66(50)57(65(49)101-37-103-67)33-81-77(109)85-61-21-5-1-13-45(61)73(93)94;;;;/h1-8,13-16,21-24,29-32,41-44,89-92H,9-12,17-20,25-28,33-40H2,(H,93,94)(H,95,96)(H,97,98)(H,99,100)(H2,81,85,109)(H2,82,86,110)(H2,83,87,111)(H2,84,88,112);;;;/q;4*+1/p-4. The maximum Gasteiger partial charge on any atom is 1.00 e. The third-order valence-corrected chi connectivity index (χ3v) is 21.0. The molecule has 0 atom stereocenters. The molecule has 12 N–H and O–H groups in total. The van der Waals surface area contributed by atoms with Crippen molar-refractivity contribution in [3.63, 3.8) is 0 Å². The number of hydrogen-bond acceptors (Lipinski definition) is 24. The molecule has 0 saturated heterocycles. The maximum absolute atomic E-state index is 12.5. The van der Waals surface area contributed by atoms with Crippen LogP contribution in [0, 0.1) is 0 Å². The molecule has 0 fully saturated rings. The predicted molar refractivity (Wildman–Crippen MR) is 418 cm³/mol. The number of rotatable bonds is 28. The van der Waals surface area contributed by atoms with Gasteiger partial charge in [-0.15, -0.1) is 0 Å². The van der Waals surface area contributed by atoms with E-state index in [1.54, 1.807) is 48.5 Å². The second kappa shape index (κ2) is 44.8. The molecule has 1 aliphatic carbocycles. The van der Waals surface area contributed by atoms with Crippen LogP contribution in [0.25, 0.3) is 0 Å². The molecule has 8 aromatic rings. The molecule has 0 unspecified atom stereocenters. The summed E-state index contributed by atoms with van der Waals surface area (Å²) in [6, 6.07) is 32.3. The van der Waals surface area contributed by atoms with Crippen molar-refractivity contribution in [2.45, 2.75) is 101 Å². The molecule has 0 radical (unpaired) electrons. The minimum Gasteiger partial charge on any atom is -0.545 e. The number of carbonyl (C=O) groups excluding carboxylic acids is 4. The first-order valence-corrected chi connectivity index (χ1v) is 37.7. The van der Waals surface area contributed by atoms with Crippen LogP contribution in [0.4, 0.5) is 22.7 Å². The average Bonchev–Trinajstić information content (AvgIpc) is 0.719. The summed E-state index contributed by atoms with van der Waals surface area (Å²) >= 11 is 23.9. The number of anilines is 4. The number of aromatic carboxylic acids is 4. The fourth-order valence-corrected chi connectivity index (χ4v) is 15.9. The van der Waals surface area contributed by atoms with Gasteiger partial charge in [-0.1, -0.05) is 72.8 Å². The van der Waals surface area contributed by atoms with Crippen LogP contribution in [0.3, 0.4) is 0 Å². The number of carboxylic acids is 4. The molecule has 0 amide bonds. The van der Waals surface area contributed by atoms with E-state index in [1.807, 2.05) is 24.3 Å². The quantitative estimate of drug-likeness (QED) is 0.0160. The van der Waals surface area contributed by atoms with Crippen LogP contribution >= 0.6 is 48.9 Å². The molecule has 8 bridgehead atoms. The Balaban J connectivity index is 0.00000384. The first-order chi connectivity index (χ1) is 54.4. The number of aliphatic hydroxyl groups is 4. The van der Waals surface area contributed by atoms with Gasteiger partial charge >= 0.3 is 206 Å².